The number of halogens is 1. The summed E-state index contributed by atoms with van der Waals surface area (Å²) in [4.78, 5) is 2.24. The number of hydrogen-bond acceptors (Lipinski definition) is 3. The fraction of sp³-hybridized carbons (Fsp3) is 0.647. The van der Waals surface area contributed by atoms with Crippen LogP contribution in [0.15, 0.2) is 18.2 Å². The standard InChI is InChI=1S/C17H27FN2S/c1-13(8-9-21-3)20(2)12-15-10-14(4-7-17(15)18)11-19-16-5-6-16/h4,7,10,13,16,19H,5-6,8-9,11-12H2,1-3H3. The molecule has 0 amide bonds. The summed E-state index contributed by atoms with van der Waals surface area (Å²) < 4.78 is 14.0. The Morgan fingerprint density at radius 1 is 1.43 bits per heavy atom. The maximum Gasteiger partial charge on any atom is 0.127 e. The fourth-order valence-electron chi connectivity index (χ4n) is 2.34. The molecule has 0 bridgehead atoms. The van der Waals surface area contributed by atoms with Gasteiger partial charge in [-0.3, -0.25) is 4.90 Å². The molecule has 1 aromatic carbocycles. The maximum atomic E-state index is 14.0. The molecule has 1 aliphatic carbocycles. The van der Waals surface area contributed by atoms with E-state index in [2.05, 4.69) is 30.4 Å². The van der Waals surface area contributed by atoms with Crippen LogP contribution in [-0.2, 0) is 13.1 Å². The summed E-state index contributed by atoms with van der Waals surface area (Å²) in [5.41, 5.74) is 1.99. The first-order chi connectivity index (χ1) is 10.1. The van der Waals surface area contributed by atoms with Gasteiger partial charge in [0, 0.05) is 30.7 Å². The summed E-state index contributed by atoms with van der Waals surface area (Å²) in [6.07, 6.45) is 5.83. The highest BCUT2D eigenvalue weighted by molar-refractivity contribution is 7.98. The van der Waals surface area contributed by atoms with Crippen molar-refractivity contribution in [2.24, 2.45) is 0 Å². The van der Waals surface area contributed by atoms with Gasteiger partial charge in [0.1, 0.15) is 5.82 Å². The SMILES string of the molecule is CSCCC(C)N(C)Cc1cc(CNC2CC2)ccc1F. The third-order valence-corrected chi connectivity index (χ3v) is 4.84. The van der Waals surface area contributed by atoms with Crippen LogP contribution in [0, 0.1) is 5.82 Å². The number of nitrogens with zero attached hydrogens (tertiary/aromatic N) is 1. The van der Waals surface area contributed by atoms with Crippen LogP contribution in [0.3, 0.4) is 0 Å². The zero-order chi connectivity index (χ0) is 15.2. The molecular formula is C17H27FN2S. The monoisotopic (exact) mass is 310 g/mol. The van der Waals surface area contributed by atoms with Gasteiger partial charge in [-0.05, 0) is 56.9 Å². The van der Waals surface area contributed by atoms with Crippen LogP contribution in [0.5, 0.6) is 0 Å². The average Bonchev–Trinajstić information content (AvgIpc) is 3.29. The van der Waals surface area contributed by atoms with Gasteiger partial charge in [-0.25, -0.2) is 4.39 Å². The minimum absolute atomic E-state index is 0.0888. The van der Waals surface area contributed by atoms with Gasteiger partial charge in [0.15, 0.2) is 0 Å². The van der Waals surface area contributed by atoms with E-state index in [1.807, 2.05) is 23.9 Å². The Balaban J connectivity index is 1.91. The van der Waals surface area contributed by atoms with Crippen LogP contribution >= 0.6 is 11.8 Å². The Hall–Kier alpha value is -0.580. The molecule has 2 nitrogen and oxygen atoms in total. The molecule has 1 aromatic rings. The van der Waals surface area contributed by atoms with Crippen LogP contribution in [0.2, 0.25) is 0 Å². The van der Waals surface area contributed by atoms with Crippen molar-refractivity contribution >= 4 is 11.8 Å². The van der Waals surface area contributed by atoms with E-state index in [1.165, 1.54) is 18.4 Å². The number of thioether (sulfide) groups is 1. The summed E-state index contributed by atoms with van der Waals surface area (Å²) in [5.74, 6) is 1.06. The maximum absolute atomic E-state index is 14.0. The van der Waals surface area contributed by atoms with E-state index in [-0.39, 0.29) is 5.82 Å². The van der Waals surface area contributed by atoms with E-state index < -0.39 is 0 Å². The van der Waals surface area contributed by atoms with Gasteiger partial charge in [0.25, 0.3) is 0 Å². The van der Waals surface area contributed by atoms with Crippen molar-refractivity contribution in [3.05, 3.63) is 35.1 Å². The van der Waals surface area contributed by atoms with Crippen molar-refractivity contribution < 1.29 is 4.39 Å². The minimum Gasteiger partial charge on any atom is -0.310 e. The van der Waals surface area contributed by atoms with E-state index >= 15 is 0 Å². The lowest BCUT2D eigenvalue weighted by atomic mass is 10.1. The summed E-state index contributed by atoms with van der Waals surface area (Å²) in [6.45, 7) is 3.75. The van der Waals surface area contributed by atoms with E-state index in [4.69, 9.17) is 0 Å². The van der Waals surface area contributed by atoms with E-state index in [1.54, 1.807) is 6.07 Å². The summed E-state index contributed by atoms with van der Waals surface area (Å²) >= 11 is 1.87. The molecule has 0 saturated heterocycles. The zero-order valence-corrected chi connectivity index (χ0v) is 14.2. The first-order valence-electron chi connectivity index (χ1n) is 7.80. The van der Waals surface area contributed by atoms with Crippen molar-refractivity contribution in [3.63, 3.8) is 0 Å². The van der Waals surface area contributed by atoms with E-state index in [0.29, 0.717) is 18.6 Å². The molecule has 0 spiro atoms. The molecule has 2 rings (SSSR count). The average molecular weight is 310 g/mol. The number of nitrogens with one attached hydrogen (secondary N) is 1. The quantitative estimate of drug-likeness (QED) is 0.749. The van der Waals surface area contributed by atoms with E-state index in [0.717, 1.165) is 24.3 Å². The topological polar surface area (TPSA) is 15.3 Å². The molecule has 4 heteroatoms. The first kappa shape index (κ1) is 16.8. The predicted molar refractivity (Wildman–Crippen MR) is 90.2 cm³/mol. The van der Waals surface area contributed by atoms with Crippen LogP contribution in [-0.4, -0.2) is 36.0 Å². The van der Waals surface area contributed by atoms with Gasteiger partial charge < -0.3 is 5.32 Å². The third kappa shape index (κ3) is 5.61. The minimum atomic E-state index is -0.0888. The van der Waals surface area contributed by atoms with Crippen LogP contribution in [0.1, 0.15) is 37.3 Å². The highest BCUT2D eigenvalue weighted by Gasteiger charge is 2.20. The highest BCUT2D eigenvalue weighted by Crippen LogP contribution is 2.20. The normalized spacial score (nSPS) is 16.4. The Labute approximate surface area is 132 Å². The molecule has 0 aliphatic heterocycles. The molecule has 0 aromatic heterocycles. The Morgan fingerprint density at radius 2 is 2.19 bits per heavy atom. The van der Waals surface area contributed by atoms with Crippen molar-refractivity contribution in [2.45, 2.75) is 51.4 Å². The third-order valence-electron chi connectivity index (χ3n) is 4.19. The van der Waals surface area contributed by atoms with Crippen molar-refractivity contribution in [3.8, 4) is 0 Å². The van der Waals surface area contributed by atoms with Crippen molar-refractivity contribution in [2.75, 3.05) is 19.1 Å². The van der Waals surface area contributed by atoms with Crippen molar-refractivity contribution in [1.82, 2.24) is 10.2 Å². The van der Waals surface area contributed by atoms with Gasteiger partial charge in [-0.15, -0.1) is 0 Å². The zero-order valence-electron chi connectivity index (χ0n) is 13.4. The Bertz CT molecular complexity index is 448. The number of rotatable bonds is 9. The number of hydrogen-bond donors (Lipinski definition) is 1. The lowest BCUT2D eigenvalue weighted by Crippen LogP contribution is -2.29. The highest BCUT2D eigenvalue weighted by atomic mass is 32.2. The van der Waals surface area contributed by atoms with Gasteiger partial charge in [-0.1, -0.05) is 12.1 Å². The van der Waals surface area contributed by atoms with Gasteiger partial charge >= 0.3 is 0 Å². The summed E-state index contributed by atoms with van der Waals surface area (Å²) in [5, 5.41) is 3.48. The predicted octanol–water partition coefficient (Wildman–Crippen LogP) is 3.65. The van der Waals surface area contributed by atoms with Crippen LogP contribution in [0.4, 0.5) is 4.39 Å². The first-order valence-corrected chi connectivity index (χ1v) is 9.19. The molecular weight excluding hydrogens is 283 g/mol. The van der Waals surface area contributed by atoms with E-state index in [9.17, 15) is 4.39 Å². The fourth-order valence-corrected chi connectivity index (χ4v) is 2.92. The molecule has 1 saturated carbocycles. The Kier molecular flexibility index (Phi) is 6.52. The molecule has 1 N–H and O–H groups in total. The second kappa shape index (κ2) is 8.16. The molecule has 1 unspecified atom stereocenters. The van der Waals surface area contributed by atoms with Crippen LogP contribution in [0.25, 0.3) is 0 Å². The Morgan fingerprint density at radius 3 is 2.86 bits per heavy atom. The summed E-state index contributed by atoms with van der Waals surface area (Å²) in [6, 6.07) is 6.69. The smallest absolute Gasteiger partial charge is 0.127 e. The molecule has 0 heterocycles. The second-order valence-electron chi connectivity index (χ2n) is 6.13. The molecule has 1 aliphatic rings. The lowest BCUT2D eigenvalue weighted by Gasteiger charge is -2.25. The van der Waals surface area contributed by atoms with Crippen LogP contribution < -0.4 is 5.32 Å². The van der Waals surface area contributed by atoms with Crippen molar-refractivity contribution in [1.29, 1.82) is 0 Å². The molecule has 118 valence electrons. The summed E-state index contributed by atoms with van der Waals surface area (Å²) in [7, 11) is 2.08. The number of benzene rings is 1. The van der Waals surface area contributed by atoms with Gasteiger partial charge in [0.2, 0.25) is 0 Å². The largest absolute Gasteiger partial charge is 0.310 e. The molecule has 21 heavy (non-hydrogen) atoms. The second-order valence-corrected chi connectivity index (χ2v) is 7.11. The molecule has 0 radical (unpaired) electrons. The molecule has 1 atom stereocenters. The lowest BCUT2D eigenvalue weighted by molar-refractivity contribution is 0.242. The van der Waals surface area contributed by atoms with Gasteiger partial charge in [0.05, 0.1) is 0 Å². The van der Waals surface area contributed by atoms with Gasteiger partial charge in [-0.2, -0.15) is 11.8 Å². The molecule has 1 fully saturated rings.